The summed E-state index contributed by atoms with van der Waals surface area (Å²) in [5, 5.41) is 12.1. The first-order chi connectivity index (χ1) is 8.58. The number of hydrogen-bond acceptors (Lipinski definition) is 5. The summed E-state index contributed by atoms with van der Waals surface area (Å²) in [6.07, 6.45) is 0.0825. The fourth-order valence-electron chi connectivity index (χ4n) is 1.31. The molecule has 0 bridgehead atoms. The largest absolute Gasteiger partial charge is 0.507 e. The van der Waals surface area contributed by atoms with Gasteiger partial charge in [-0.2, -0.15) is 0 Å². The summed E-state index contributed by atoms with van der Waals surface area (Å²) < 4.78 is 9.34. The number of benzene rings is 1. The molecule has 0 aliphatic carbocycles. The van der Waals surface area contributed by atoms with Gasteiger partial charge in [0.2, 0.25) is 0 Å². The number of ether oxygens (including phenoxy) is 2. The van der Waals surface area contributed by atoms with Gasteiger partial charge in [-0.1, -0.05) is 0 Å². The summed E-state index contributed by atoms with van der Waals surface area (Å²) >= 11 is 0. The Balaban J connectivity index is 2.59. The Morgan fingerprint density at radius 3 is 2.61 bits per heavy atom. The summed E-state index contributed by atoms with van der Waals surface area (Å²) in [4.78, 5) is 22.5. The molecule has 98 valence electrons. The van der Waals surface area contributed by atoms with Crippen molar-refractivity contribution in [1.29, 1.82) is 0 Å². The van der Waals surface area contributed by atoms with E-state index in [4.69, 9.17) is 4.74 Å². The van der Waals surface area contributed by atoms with Crippen molar-refractivity contribution in [2.24, 2.45) is 0 Å². The number of aromatic hydroxyl groups is 1. The molecule has 6 nitrogen and oxygen atoms in total. The van der Waals surface area contributed by atoms with Crippen LogP contribution in [-0.4, -0.2) is 37.7 Å². The first kappa shape index (κ1) is 13.8. The number of amides is 1. The van der Waals surface area contributed by atoms with Gasteiger partial charge in [0.1, 0.15) is 11.5 Å². The lowest BCUT2D eigenvalue weighted by Gasteiger charge is -2.07. The highest BCUT2D eigenvalue weighted by molar-refractivity contribution is 5.97. The smallest absolute Gasteiger partial charge is 0.307 e. The van der Waals surface area contributed by atoms with Crippen LogP contribution in [0.1, 0.15) is 16.8 Å². The van der Waals surface area contributed by atoms with Gasteiger partial charge in [0.25, 0.3) is 5.91 Å². The number of esters is 1. The van der Waals surface area contributed by atoms with Crippen LogP contribution in [0.15, 0.2) is 18.2 Å². The van der Waals surface area contributed by atoms with Crippen LogP contribution in [0.5, 0.6) is 11.5 Å². The van der Waals surface area contributed by atoms with Crippen molar-refractivity contribution in [1.82, 2.24) is 5.32 Å². The molecule has 0 spiro atoms. The van der Waals surface area contributed by atoms with Crippen molar-refractivity contribution in [2.75, 3.05) is 20.8 Å². The van der Waals surface area contributed by atoms with Crippen molar-refractivity contribution in [3.63, 3.8) is 0 Å². The maximum atomic E-state index is 11.7. The van der Waals surface area contributed by atoms with Gasteiger partial charge in [-0.15, -0.1) is 0 Å². The number of nitrogens with one attached hydrogen (secondary N) is 1. The maximum Gasteiger partial charge on any atom is 0.307 e. The number of rotatable bonds is 5. The first-order valence-electron chi connectivity index (χ1n) is 5.30. The second-order valence-electron chi connectivity index (χ2n) is 3.47. The Morgan fingerprint density at radius 2 is 2.06 bits per heavy atom. The molecule has 0 aliphatic heterocycles. The first-order valence-corrected chi connectivity index (χ1v) is 5.30. The number of hydrogen-bond donors (Lipinski definition) is 2. The third kappa shape index (κ3) is 3.65. The van der Waals surface area contributed by atoms with Crippen LogP contribution in [-0.2, 0) is 9.53 Å². The molecule has 0 aliphatic rings. The fourth-order valence-corrected chi connectivity index (χ4v) is 1.31. The molecule has 18 heavy (non-hydrogen) atoms. The second-order valence-corrected chi connectivity index (χ2v) is 3.47. The fraction of sp³-hybridized carbons (Fsp3) is 0.333. The van der Waals surface area contributed by atoms with E-state index in [2.05, 4.69) is 10.1 Å². The Bertz CT molecular complexity index is 444. The molecule has 0 fully saturated rings. The molecule has 1 amide bonds. The van der Waals surface area contributed by atoms with Crippen LogP contribution in [0.25, 0.3) is 0 Å². The molecular formula is C12H15NO5. The molecule has 0 heterocycles. The van der Waals surface area contributed by atoms with E-state index in [0.29, 0.717) is 5.75 Å². The molecule has 1 aromatic rings. The van der Waals surface area contributed by atoms with Crippen LogP contribution in [0.4, 0.5) is 0 Å². The Morgan fingerprint density at radius 1 is 1.33 bits per heavy atom. The molecule has 2 N–H and O–H groups in total. The van der Waals surface area contributed by atoms with Crippen LogP contribution < -0.4 is 10.1 Å². The highest BCUT2D eigenvalue weighted by Crippen LogP contribution is 2.23. The highest BCUT2D eigenvalue weighted by atomic mass is 16.5. The molecule has 0 saturated heterocycles. The zero-order chi connectivity index (χ0) is 13.5. The van der Waals surface area contributed by atoms with Gasteiger partial charge in [0.15, 0.2) is 0 Å². The normalized spacial score (nSPS) is 9.67. The molecular weight excluding hydrogens is 238 g/mol. The van der Waals surface area contributed by atoms with Gasteiger partial charge in [0.05, 0.1) is 26.2 Å². The lowest BCUT2D eigenvalue weighted by molar-refractivity contribution is -0.140. The van der Waals surface area contributed by atoms with E-state index in [9.17, 15) is 14.7 Å². The minimum Gasteiger partial charge on any atom is -0.507 e. The van der Waals surface area contributed by atoms with Crippen molar-refractivity contribution >= 4 is 11.9 Å². The highest BCUT2D eigenvalue weighted by Gasteiger charge is 2.12. The number of carbonyl (C=O) groups excluding carboxylic acids is 2. The van der Waals surface area contributed by atoms with Gasteiger partial charge >= 0.3 is 5.97 Å². The molecule has 1 aromatic carbocycles. The summed E-state index contributed by atoms with van der Waals surface area (Å²) in [6.45, 7) is 0.150. The van der Waals surface area contributed by atoms with Crippen molar-refractivity contribution in [3.8, 4) is 11.5 Å². The van der Waals surface area contributed by atoms with Gasteiger partial charge in [-0.25, -0.2) is 0 Å². The van der Waals surface area contributed by atoms with Crippen molar-refractivity contribution < 1.29 is 24.2 Å². The zero-order valence-corrected chi connectivity index (χ0v) is 10.2. The van der Waals surface area contributed by atoms with E-state index in [1.807, 2.05) is 0 Å². The van der Waals surface area contributed by atoms with E-state index in [-0.39, 0.29) is 24.3 Å². The van der Waals surface area contributed by atoms with E-state index in [1.54, 1.807) is 6.07 Å². The summed E-state index contributed by atoms with van der Waals surface area (Å²) in [5.41, 5.74) is 0.126. The lowest BCUT2D eigenvalue weighted by Crippen LogP contribution is -2.26. The monoisotopic (exact) mass is 253 g/mol. The lowest BCUT2D eigenvalue weighted by atomic mass is 10.2. The third-order valence-electron chi connectivity index (χ3n) is 2.29. The Hall–Kier alpha value is -2.24. The number of carbonyl (C=O) groups is 2. The topological polar surface area (TPSA) is 84.9 Å². The Kier molecular flexibility index (Phi) is 4.98. The number of methoxy groups -OCH3 is 2. The molecule has 6 heteroatoms. The molecule has 0 aromatic heterocycles. The average Bonchev–Trinajstić information content (AvgIpc) is 2.37. The SMILES string of the molecule is COC(=O)CCNC(=O)c1ccc(OC)cc1O. The van der Waals surface area contributed by atoms with Gasteiger partial charge in [-0.05, 0) is 12.1 Å². The standard InChI is InChI=1S/C12H15NO5/c1-17-8-3-4-9(10(14)7-8)12(16)13-6-5-11(15)18-2/h3-4,7,14H,5-6H2,1-2H3,(H,13,16). The van der Waals surface area contributed by atoms with Crippen LogP contribution in [0.3, 0.4) is 0 Å². The second kappa shape index (κ2) is 6.48. The third-order valence-corrected chi connectivity index (χ3v) is 2.29. The summed E-state index contributed by atoms with van der Waals surface area (Å²) in [6, 6.07) is 4.35. The predicted octanol–water partition coefficient (Wildman–Crippen LogP) is 0.694. The molecule has 0 atom stereocenters. The zero-order valence-electron chi connectivity index (χ0n) is 10.2. The van der Waals surface area contributed by atoms with Gasteiger partial charge in [-0.3, -0.25) is 9.59 Å². The van der Waals surface area contributed by atoms with Crippen molar-refractivity contribution in [3.05, 3.63) is 23.8 Å². The Labute approximate surface area is 105 Å². The van der Waals surface area contributed by atoms with Crippen molar-refractivity contribution in [2.45, 2.75) is 6.42 Å². The number of phenols is 1. The minimum absolute atomic E-state index is 0.0825. The summed E-state index contributed by atoms with van der Waals surface area (Å²) in [5.74, 6) is -0.586. The van der Waals surface area contributed by atoms with Gasteiger partial charge in [0, 0.05) is 12.6 Å². The van der Waals surface area contributed by atoms with E-state index in [1.165, 1.54) is 26.4 Å². The van der Waals surface area contributed by atoms with Gasteiger partial charge < -0.3 is 19.9 Å². The molecule has 1 rings (SSSR count). The van der Waals surface area contributed by atoms with E-state index in [0.717, 1.165) is 0 Å². The molecule has 0 saturated carbocycles. The van der Waals surface area contributed by atoms with E-state index >= 15 is 0 Å². The minimum atomic E-state index is -0.459. The van der Waals surface area contributed by atoms with E-state index < -0.39 is 11.9 Å². The molecule has 0 radical (unpaired) electrons. The van der Waals surface area contributed by atoms with Crippen LogP contribution in [0, 0.1) is 0 Å². The number of phenolic OH excluding ortho intramolecular Hbond substituents is 1. The van der Waals surface area contributed by atoms with Crippen LogP contribution >= 0.6 is 0 Å². The van der Waals surface area contributed by atoms with Crippen LogP contribution in [0.2, 0.25) is 0 Å². The average molecular weight is 253 g/mol. The predicted molar refractivity (Wildman–Crippen MR) is 63.6 cm³/mol. The maximum absolute atomic E-state index is 11.7. The molecule has 0 unspecified atom stereocenters. The quantitative estimate of drug-likeness (QED) is 0.754. The summed E-state index contributed by atoms with van der Waals surface area (Å²) in [7, 11) is 2.74.